The van der Waals surface area contributed by atoms with Crippen molar-refractivity contribution in [3.8, 4) is 0 Å². The minimum absolute atomic E-state index is 0.943. The van der Waals surface area contributed by atoms with Crippen LogP contribution in [-0.4, -0.2) is 23.5 Å². The summed E-state index contributed by atoms with van der Waals surface area (Å²) in [6, 6.07) is 1.89. The SMILES string of the molecule is CCC1CC2CC(CC)N1C2. The molecule has 0 amide bonds. The molecule has 64 valence electrons. The molecule has 2 unspecified atom stereocenters. The third-order valence-electron chi connectivity index (χ3n) is 3.56. The Labute approximate surface area is 69.8 Å². The molecule has 2 atom stereocenters. The highest BCUT2D eigenvalue weighted by atomic mass is 15.2. The van der Waals surface area contributed by atoms with E-state index in [1.54, 1.807) is 0 Å². The van der Waals surface area contributed by atoms with E-state index in [0.717, 1.165) is 18.0 Å². The van der Waals surface area contributed by atoms with Gasteiger partial charge in [0.05, 0.1) is 0 Å². The van der Waals surface area contributed by atoms with E-state index in [9.17, 15) is 0 Å². The average Bonchev–Trinajstić information content (AvgIpc) is 2.60. The summed E-state index contributed by atoms with van der Waals surface area (Å²) in [7, 11) is 0. The Morgan fingerprint density at radius 1 is 1.09 bits per heavy atom. The highest BCUT2D eigenvalue weighted by Gasteiger charge is 2.41. The summed E-state index contributed by atoms with van der Waals surface area (Å²) in [5, 5.41) is 0. The van der Waals surface area contributed by atoms with Crippen molar-refractivity contribution in [1.82, 2.24) is 4.90 Å². The molecule has 2 aliphatic rings. The monoisotopic (exact) mass is 153 g/mol. The van der Waals surface area contributed by atoms with Gasteiger partial charge < -0.3 is 0 Å². The van der Waals surface area contributed by atoms with Crippen molar-refractivity contribution in [3.63, 3.8) is 0 Å². The molecule has 0 aromatic heterocycles. The maximum Gasteiger partial charge on any atom is 0.00988 e. The zero-order chi connectivity index (χ0) is 7.84. The summed E-state index contributed by atoms with van der Waals surface area (Å²) >= 11 is 0. The minimum atomic E-state index is 0.943. The molecule has 0 aromatic rings. The van der Waals surface area contributed by atoms with Crippen LogP contribution in [0.1, 0.15) is 39.5 Å². The van der Waals surface area contributed by atoms with E-state index in [1.807, 2.05) is 0 Å². The molecule has 2 bridgehead atoms. The van der Waals surface area contributed by atoms with E-state index in [4.69, 9.17) is 0 Å². The van der Waals surface area contributed by atoms with Gasteiger partial charge in [0.1, 0.15) is 0 Å². The lowest BCUT2D eigenvalue weighted by Crippen LogP contribution is -2.36. The maximum absolute atomic E-state index is 2.75. The van der Waals surface area contributed by atoms with Crippen molar-refractivity contribution < 1.29 is 0 Å². The third-order valence-corrected chi connectivity index (χ3v) is 3.56. The van der Waals surface area contributed by atoms with Crippen LogP contribution in [0.5, 0.6) is 0 Å². The first-order valence-corrected chi connectivity index (χ1v) is 5.10. The van der Waals surface area contributed by atoms with Crippen molar-refractivity contribution in [2.75, 3.05) is 6.54 Å². The van der Waals surface area contributed by atoms with Crippen molar-refractivity contribution >= 4 is 0 Å². The molecule has 1 heteroatoms. The van der Waals surface area contributed by atoms with Crippen LogP contribution in [0.15, 0.2) is 0 Å². The number of nitrogens with zero attached hydrogens (tertiary/aromatic N) is 1. The largest absolute Gasteiger partial charge is 0.297 e. The fourth-order valence-electron chi connectivity index (χ4n) is 2.98. The molecule has 0 N–H and O–H groups in total. The lowest BCUT2D eigenvalue weighted by Gasteiger charge is -2.31. The van der Waals surface area contributed by atoms with E-state index in [-0.39, 0.29) is 0 Å². The molecule has 1 nitrogen and oxygen atoms in total. The molecule has 2 saturated heterocycles. The van der Waals surface area contributed by atoms with E-state index in [2.05, 4.69) is 18.7 Å². The van der Waals surface area contributed by atoms with Gasteiger partial charge in [0.25, 0.3) is 0 Å². The fourth-order valence-corrected chi connectivity index (χ4v) is 2.98. The smallest absolute Gasteiger partial charge is 0.00988 e. The van der Waals surface area contributed by atoms with E-state index in [1.165, 1.54) is 32.2 Å². The van der Waals surface area contributed by atoms with Gasteiger partial charge in [0, 0.05) is 18.6 Å². The summed E-state index contributed by atoms with van der Waals surface area (Å²) in [6.45, 7) is 6.08. The molecule has 2 rings (SSSR count). The van der Waals surface area contributed by atoms with Gasteiger partial charge in [-0.05, 0) is 31.6 Å². The molecule has 0 aliphatic carbocycles. The predicted octanol–water partition coefficient (Wildman–Crippen LogP) is 2.27. The lowest BCUT2D eigenvalue weighted by molar-refractivity contribution is 0.175. The van der Waals surface area contributed by atoms with Crippen LogP contribution in [0.25, 0.3) is 0 Å². The summed E-state index contributed by atoms with van der Waals surface area (Å²) in [6.07, 6.45) is 5.72. The Hall–Kier alpha value is -0.0400. The van der Waals surface area contributed by atoms with E-state index in [0.29, 0.717) is 0 Å². The molecule has 2 aliphatic heterocycles. The molecule has 2 heterocycles. The van der Waals surface area contributed by atoms with Crippen molar-refractivity contribution in [3.05, 3.63) is 0 Å². The van der Waals surface area contributed by atoms with Crippen LogP contribution in [-0.2, 0) is 0 Å². The number of rotatable bonds is 2. The summed E-state index contributed by atoms with van der Waals surface area (Å²) in [5.74, 6) is 1.06. The second-order valence-corrected chi connectivity index (χ2v) is 4.16. The first-order valence-electron chi connectivity index (χ1n) is 5.10. The van der Waals surface area contributed by atoms with Gasteiger partial charge in [0.2, 0.25) is 0 Å². The molecule has 0 saturated carbocycles. The molecular weight excluding hydrogens is 134 g/mol. The Morgan fingerprint density at radius 3 is 2.00 bits per heavy atom. The highest BCUT2D eigenvalue weighted by Crippen LogP contribution is 2.39. The second-order valence-electron chi connectivity index (χ2n) is 4.16. The summed E-state index contributed by atoms with van der Waals surface area (Å²) in [4.78, 5) is 2.75. The minimum Gasteiger partial charge on any atom is -0.297 e. The van der Waals surface area contributed by atoms with E-state index >= 15 is 0 Å². The lowest BCUT2D eigenvalue weighted by atomic mass is 9.93. The zero-order valence-corrected chi connectivity index (χ0v) is 7.71. The second kappa shape index (κ2) is 2.78. The fraction of sp³-hybridized carbons (Fsp3) is 1.00. The van der Waals surface area contributed by atoms with Gasteiger partial charge in [-0.1, -0.05) is 13.8 Å². The van der Waals surface area contributed by atoms with Crippen LogP contribution < -0.4 is 0 Å². The van der Waals surface area contributed by atoms with Crippen molar-refractivity contribution in [1.29, 1.82) is 0 Å². The topological polar surface area (TPSA) is 3.24 Å². The van der Waals surface area contributed by atoms with Gasteiger partial charge in [-0.2, -0.15) is 0 Å². The third kappa shape index (κ3) is 1.10. The first-order chi connectivity index (χ1) is 5.35. The highest BCUT2D eigenvalue weighted by molar-refractivity contribution is 4.96. The Kier molecular flexibility index (Phi) is 1.92. The Balaban J connectivity index is 2.02. The van der Waals surface area contributed by atoms with Crippen LogP contribution in [0.3, 0.4) is 0 Å². The van der Waals surface area contributed by atoms with Crippen LogP contribution >= 0.6 is 0 Å². The quantitative estimate of drug-likeness (QED) is 0.588. The summed E-state index contributed by atoms with van der Waals surface area (Å²) in [5.41, 5.74) is 0. The molecular formula is C10H19N. The number of hydrogen-bond donors (Lipinski definition) is 0. The van der Waals surface area contributed by atoms with Crippen LogP contribution in [0.2, 0.25) is 0 Å². The zero-order valence-electron chi connectivity index (χ0n) is 7.71. The number of fused-ring (bicyclic) bond motifs is 2. The Morgan fingerprint density at radius 2 is 1.64 bits per heavy atom. The normalized spacial score (nSPS) is 48.5. The molecule has 0 radical (unpaired) electrons. The summed E-state index contributed by atoms with van der Waals surface area (Å²) < 4.78 is 0. The maximum atomic E-state index is 2.75. The number of hydrogen-bond acceptors (Lipinski definition) is 1. The van der Waals surface area contributed by atoms with Crippen LogP contribution in [0.4, 0.5) is 0 Å². The Bertz CT molecular complexity index is 130. The molecule has 2 fully saturated rings. The molecule has 11 heavy (non-hydrogen) atoms. The van der Waals surface area contributed by atoms with Gasteiger partial charge in [-0.25, -0.2) is 0 Å². The molecule has 0 aromatic carbocycles. The van der Waals surface area contributed by atoms with Gasteiger partial charge in [0.15, 0.2) is 0 Å². The predicted molar refractivity (Wildman–Crippen MR) is 47.6 cm³/mol. The molecule has 0 spiro atoms. The average molecular weight is 153 g/mol. The van der Waals surface area contributed by atoms with Crippen molar-refractivity contribution in [2.45, 2.75) is 51.6 Å². The van der Waals surface area contributed by atoms with Gasteiger partial charge in [-0.3, -0.25) is 4.90 Å². The van der Waals surface area contributed by atoms with Crippen molar-refractivity contribution in [2.24, 2.45) is 5.92 Å². The standard InChI is InChI=1S/C10H19N/c1-3-9-5-8-6-10(4-2)11(9)7-8/h8-10H,3-7H2,1-2H3. The number of piperidine rings is 1. The van der Waals surface area contributed by atoms with Gasteiger partial charge in [-0.15, -0.1) is 0 Å². The first kappa shape index (κ1) is 7.60. The van der Waals surface area contributed by atoms with Crippen LogP contribution in [0, 0.1) is 5.92 Å². The van der Waals surface area contributed by atoms with Gasteiger partial charge >= 0.3 is 0 Å². The van der Waals surface area contributed by atoms with E-state index < -0.39 is 0 Å².